The number of nitrogens with zero attached hydrogens (tertiary/aromatic N) is 3. The van der Waals surface area contributed by atoms with Crippen LogP contribution in [0.4, 0.5) is 15.3 Å². The SMILES string of the molecule is CCN1CCN(C(=O)Nc2cc(OC(=O)OCc3ccccc3)ccc2CC(=O)NC(OC(C)=O)C2=C(C(=O)OC(C)(C)C)N3C(=O)[C@H](CO)[C@H]3SC2)C(=O)C1=O. The van der Waals surface area contributed by atoms with Gasteiger partial charge in [-0.3, -0.25) is 33.8 Å². The van der Waals surface area contributed by atoms with E-state index in [1.54, 1.807) is 58.0 Å². The quantitative estimate of drug-likeness (QED) is 0.0699. The van der Waals surface area contributed by atoms with Gasteiger partial charge in [-0.15, -0.1) is 11.8 Å². The number of amides is 6. The first-order valence-corrected chi connectivity index (χ1v) is 19.0. The molecule has 2 aromatic carbocycles. The Kier molecular flexibility index (Phi) is 13.2. The lowest BCUT2D eigenvalue weighted by Crippen LogP contribution is -2.63. The molecule has 0 bridgehead atoms. The summed E-state index contributed by atoms with van der Waals surface area (Å²) in [6.07, 6.45) is -3.15. The van der Waals surface area contributed by atoms with Crippen LogP contribution in [0.3, 0.4) is 0 Å². The van der Waals surface area contributed by atoms with Crippen molar-refractivity contribution in [1.82, 2.24) is 20.0 Å². The standard InChI is InChI=1S/C38H43N5O13S/c1-6-41-14-15-42(33(49)32(41)48)36(51)39-27-17-24(55-37(52)53-19-22-10-8-7-9-11-22)13-12-23(27)16-28(46)40-30(54-21(2)45)26-20-57-34-25(18-44)31(47)43(34)29(26)35(50)56-38(3,4)5/h7-13,17,25,30,34,44H,6,14-16,18-20H2,1-5H3,(H,39,51)(H,40,46)/t25-,30?,34+/m0/s1. The Labute approximate surface area is 331 Å². The van der Waals surface area contributed by atoms with Crippen LogP contribution in [0.25, 0.3) is 0 Å². The van der Waals surface area contributed by atoms with Crippen LogP contribution in [-0.2, 0) is 56.0 Å². The number of anilines is 1. The van der Waals surface area contributed by atoms with Crippen LogP contribution in [-0.4, -0.2) is 117 Å². The Morgan fingerprint density at radius 1 is 1.00 bits per heavy atom. The van der Waals surface area contributed by atoms with Crippen LogP contribution in [0.5, 0.6) is 5.75 Å². The Bertz CT molecular complexity index is 1980. The van der Waals surface area contributed by atoms with Crippen molar-refractivity contribution < 1.29 is 62.4 Å². The number of ether oxygens (including phenoxy) is 4. The number of hydrogen-bond donors (Lipinski definition) is 3. The number of carbonyl (C=O) groups excluding carboxylic acids is 8. The highest BCUT2D eigenvalue weighted by Crippen LogP contribution is 2.45. The average molecular weight is 810 g/mol. The second-order valence-corrected chi connectivity index (χ2v) is 15.1. The molecule has 2 fully saturated rings. The lowest BCUT2D eigenvalue weighted by Gasteiger charge is -2.50. The van der Waals surface area contributed by atoms with Gasteiger partial charge in [0, 0.05) is 49.6 Å². The molecular formula is C38H43N5O13S. The van der Waals surface area contributed by atoms with Crippen LogP contribution in [0, 0.1) is 5.92 Å². The Morgan fingerprint density at radius 2 is 1.72 bits per heavy atom. The summed E-state index contributed by atoms with van der Waals surface area (Å²) in [5.74, 6) is -5.89. The fourth-order valence-electron chi connectivity index (χ4n) is 6.08. The molecule has 2 saturated heterocycles. The van der Waals surface area contributed by atoms with Gasteiger partial charge in [-0.25, -0.2) is 14.4 Å². The number of rotatable bonds is 12. The fraction of sp³-hybridized carbons (Fsp3) is 0.421. The Hall–Kier alpha value is -5.95. The van der Waals surface area contributed by atoms with Crippen LogP contribution in [0.15, 0.2) is 59.8 Å². The lowest BCUT2D eigenvalue weighted by atomic mass is 9.96. The van der Waals surface area contributed by atoms with Gasteiger partial charge in [0.2, 0.25) is 18.0 Å². The summed E-state index contributed by atoms with van der Waals surface area (Å²) in [6, 6.07) is 11.7. The van der Waals surface area contributed by atoms with E-state index < -0.39 is 83.9 Å². The molecule has 3 aliphatic heterocycles. The molecule has 3 heterocycles. The van der Waals surface area contributed by atoms with E-state index in [4.69, 9.17) is 18.9 Å². The largest absolute Gasteiger partial charge is 0.514 e. The molecule has 0 radical (unpaired) electrons. The topological polar surface area (TPSA) is 227 Å². The molecule has 304 valence electrons. The molecule has 1 unspecified atom stereocenters. The molecule has 3 aliphatic rings. The van der Waals surface area contributed by atoms with Crippen LogP contribution < -0.4 is 15.4 Å². The smallest absolute Gasteiger partial charge is 0.455 e. The van der Waals surface area contributed by atoms with Crippen molar-refractivity contribution in [3.8, 4) is 5.75 Å². The first kappa shape index (κ1) is 42.2. The number of likely N-dealkylation sites (N-methyl/N-ethyl adjacent to an activating group) is 1. The Morgan fingerprint density at radius 3 is 2.37 bits per heavy atom. The summed E-state index contributed by atoms with van der Waals surface area (Å²) in [5, 5.41) is 14.3. The van der Waals surface area contributed by atoms with Gasteiger partial charge in [0.15, 0.2) is 0 Å². The summed E-state index contributed by atoms with van der Waals surface area (Å²) in [5.41, 5.74) is -0.426. The van der Waals surface area contributed by atoms with E-state index >= 15 is 0 Å². The zero-order chi connectivity index (χ0) is 41.6. The first-order chi connectivity index (χ1) is 27.0. The van der Waals surface area contributed by atoms with Gasteiger partial charge >= 0.3 is 35.9 Å². The van der Waals surface area contributed by atoms with E-state index in [0.29, 0.717) is 10.5 Å². The molecule has 19 heteroatoms. The van der Waals surface area contributed by atoms with Crippen LogP contribution in [0.2, 0.25) is 0 Å². The van der Waals surface area contributed by atoms with Crippen LogP contribution >= 0.6 is 11.8 Å². The molecular weight excluding hydrogens is 767 g/mol. The molecule has 3 atom stereocenters. The zero-order valence-corrected chi connectivity index (χ0v) is 32.7. The summed E-state index contributed by atoms with van der Waals surface area (Å²) in [6.45, 7) is 7.36. The average Bonchev–Trinajstić information content (AvgIpc) is 3.14. The third-order valence-electron chi connectivity index (χ3n) is 8.80. The van der Waals surface area contributed by atoms with Crippen molar-refractivity contribution in [2.45, 2.75) is 64.8 Å². The monoisotopic (exact) mass is 809 g/mol. The van der Waals surface area contributed by atoms with Crippen LogP contribution in [0.1, 0.15) is 45.7 Å². The second kappa shape index (κ2) is 17.9. The van der Waals surface area contributed by atoms with Gasteiger partial charge in [0.1, 0.15) is 23.7 Å². The van der Waals surface area contributed by atoms with E-state index in [1.807, 2.05) is 0 Å². The van der Waals surface area contributed by atoms with E-state index in [0.717, 1.165) is 11.8 Å². The number of hydrogen-bond acceptors (Lipinski definition) is 14. The molecule has 5 rings (SSSR count). The number of β-lactam (4-membered cyclic amide) rings is 1. The molecule has 3 N–H and O–H groups in total. The molecule has 2 aromatic rings. The molecule has 0 aromatic heterocycles. The zero-order valence-electron chi connectivity index (χ0n) is 31.9. The lowest BCUT2D eigenvalue weighted by molar-refractivity contribution is -0.162. The number of fused-ring (bicyclic) bond motifs is 1. The Balaban J connectivity index is 1.42. The number of imide groups is 1. The summed E-state index contributed by atoms with van der Waals surface area (Å²) >= 11 is 1.19. The highest BCUT2D eigenvalue weighted by atomic mass is 32.2. The highest BCUT2D eigenvalue weighted by molar-refractivity contribution is 8.00. The van der Waals surface area contributed by atoms with Crippen molar-refractivity contribution in [1.29, 1.82) is 0 Å². The van der Waals surface area contributed by atoms with Crippen molar-refractivity contribution in [3.05, 3.63) is 70.9 Å². The normalized spacial score (nSPS) is 18.6. The third kappa shape index (κ3) is 10.1. The number of urea groups is 1. The minimum Gasteiger partial charge on any atom is -0.455 e. The first-order valence-electron chi connectivity index (χ1n) is 17.9. The summed E-state index contributed by atoms with van der Waals surface area (Å²) in [4.78, 5) is 107. The summed E-state index contributed by atoms with van der Waals surface area (Å²) < 4.78 is 21.6. The van der Waals surface area contributed by atoms with E-state index in [1.165, 1.54) is 34.9 Å². The number of thioether (sulfide) groups is 1. The van der Waals surface area contributed by atoms with Gasteiger partial charge in [-0.05, 0) is 44.9 Å². The maximum absolute atomic E-state index is 13.8. The number of aliphatic hydroxyl groups is 1. The van der Waals surface area contributed by atoms with Gasteiger partial charge in [-0.2, -0.15) is 0 Å². The van der Waals surface area contributed by atoms with Crippen molar-refractivity contribution in [2.24, 2.45) is 5.92 Å². The number of benzene rings is 2. The number of piperazine rings is 1. The van der Waals surface area contributed by atoms with E-state index in [9.17, 15) is 43.5 Å². The molecule has 0 saturated carbocycles. The van der Waals surface area contributed by atoms with Gasteiger partial charge in [0.25, 0.3) is 0 Å². The molecule has 0 spiro atoms. The third-order valence-corrected chi connectivity index (χ3v) is 10.2. The van der Waals surface area contributed by atoms with E-state index in [2.05, 4.69) is 10.6 Å². The van der Waals surface area contributed by atoms with E-state index in [-0.39, 0.29) is 60.3 Å². The van der Waals surface area contributed by atoms with Crippen molar-refractivity contribution in [2.75, 3.05) is 37.3 Å². The van der Waals surface area contributed by atoms with Crippen molar-refractivity contribution >= 4 is 65.2 Å². The number of aliphatic hydroxyl groups excluding tert-OH is 1. The minimum atomic E-state index is -1.56. The van der Waals surface area contributed by atoms with Gasteiger partial charge in [-0.1, -0.05) is 36.4 Å². The number of esters is 2. The molecule has 0 aliphatic carbocycles. The maximum atomic E-state index is 13.8. The fourth-order valence-corrected chi connectivity index (χ4v) is 7.51. The molecule has 18 nitrogen and oxygen atoms in total. The minimum absolute atomic E-state index is 0.00348. The number of nitrogens with one attached hydrogen (secondary N) is 2. The molecule has 57 heavy (non-hydrogen) atoms. The van der Waals surface area contributed by atoms with Gasteiger partial charge in [0.05, 0.1) is 24.3 Å². The number of carbonyl (C=O) groups is 8. The maximum Gasteiger partial charge on any atom is 0.514 e. The predicted octanol–water partition coefficient (Wildman–Crippen LogP) is 2.29. The second-order valence-electron chi connectivity index (χ2n) is 14.0. The summed E-state index contributed by atoms with van der Waals surface area (Å²) in [7, 11) is 0. The van der Waals surface area contributed by atoms with Gasteiger partial charge < -0.3 is 39.6 Å². The predicted molar refractivity (Wildman–Crippen MR) is 201 cm³/mol. The van der Waals surface area contributed by atoms with Crippen molar-refractivity contribution in [3.63, 3.8) is 0 Å². The molecule has 6 amide bonds. The highest BCUT2D eigenvalue weighted by Gasteiger charge is 2.54.